The minimum absolute atomic E-state index is 0. The second-order valence-electron chi connectivity index (χ2n) is 2.24. The van der Waals surface area contributed by atoms with Crippen molar-refractivity contribution in [3.8, 4) is 5.88 Å². The summed E-state index contributed by atoms with van der Waals surface area (Å²) in [5.41, 5.74) is 0. The van der Waals surface area contributed by atoms with E-state index in [0.717, 1.165) is 0 Å². The molecule has 78 valence electrons. The van der Waals surface area contributed by atoms with Crippen molar-refractivity contribution in [2.75, 3.05) is 6.61 Å². The maximum Gasteiger partial charge on any atom is 1.00 e. The Morgan fingerprint density at radius 2 is 2.27 bits per heavy atom. The van der Waals surface area contributed by atoms with E-state index in [-0.39, 0.29) is 40.3 Å². The molecule has 0 aliphatic carbocycles. The van der Waals surface area contributed by atoms with Crippen molar-refractivity contribution < 1.29 is 51.8 Å². The number of nitrogens with zero attached hydrogens (tertiary/aromatic N) is 1. The smallest absolute Gasteiger partial charge is 0.768 e. The van der Waals surface area contributed by atoms with Gasteiger partial charge in [0, 0.05) is 6.20 Å². The van der Waals surface area contributed by atoms with Crippen LogP contribution >= 0.6 is 0 Å². The molecule has 0 spiro atoms. The maximum atomic E-state index is 11.7. The summed E-state index contributed by atoms with van der Waals surface area (Å²) >= 11 is -2.54. The summed E-state index contributed by atoms with van der Waals surface area (Å²) in [4.78, 5) is 3.29. The molecule has 15 heavy (non-hydrogen) atoms. The number of halogens is 2. The van der Waals surface area contributed by atoms with E-state index in [1.54, 1.807) is 0 Å². The van der Waals surface area contributed by atoms with Crippen molar-refractivity contribution in [1.29, 1.82) is 0 Å². The Bertz CT molecular complexity index is 340. The zero-order valence-electron chi connectivity index (χ0n) is 7.85. The first-order valence-corrected chi connectivity index (χ1v) is 4.64. The number of hydrogen-bond donors (Lipinski definition) is 0. The third-order valence-corrected chi connectivity index (χ3v) is 1.93. The third kappa shape index (κ3) is 4.98. The van der Waals surface area contributed by atoms with Gasteiger partial charge >= 0.3 is 29.6 Å². The molecule has 1 rings (SSSR count). The molecule has 0 aliphatic rings. The molecular formula is C7H6F2NNaO3S. The Hall–Kier alpha value is -0.0800. The van der Waals surface area contributed by atoms with Gasteiger partial charge < -0.3 is 9.29 Å². The number of rotatable bonds is 4. The van der Waals surface area contributed by atoms with Gasteiger partial charge in [-0.2, -0.15) is 0 Å². The topological polar surface area (TPSA) is 62.2 Å². The van der Waals surface area contributed by atoms with Crippen LogP contribution in [0.25, 0.3) is 0 Å². The van der Waals surface area contributed by atoms with E-state index in [9.17, 15) is 17.5 Å². The van der Waals surface area contributed by atoms with Gasteiger partial charge in [-0.3, -0.25) is 4.21 Å². The predicted octanol–water partition coefficient (Wildman–Crippen LogP) is -2.03. The molecule has 0 aromatic carbocycles. The molecule has 1 heterocycles. The van der Waals surface area contributed by atoms with E-state index in [1.807, 2.05) is 0 Å². The molecule has 4 nitrogen and oxygen atoms in total. The first-order valence-electron chi connectivity index (χ1n) is 3.56. The summed E-state index contributed by atoms with van der Waals surface area (Å²) < 4.78 is 49.1. The predicted molar refractivity (Wildman–Crippen MR) is 42.9 cm³/mol. The summed E-state index contributed by atoms with van der Waals surface area (Å²) in [5, 5.41) is 0. The second kappa shape index (κ2) is 7.24. The zero-order chi connectivity index (χ0) is 10.6. The van der Waals surface area contributed by atoms with Gasteiger partial charge in [-0.1, -0.05) is 0 Å². The molecule has 0 saturated carbocycles. The molecule has 0 amide bonds. The van der Waals surface area contributed by atoms with Crippen LogP contribution in [0, 0.1) is 0 Å². The summed E-state index contributed by atoms with van der Waals surface area (Å²) in [6.45, 7) is -0.874. The van der Waals surface area contributed by atoms with Gasteiger partial charge in [0.2, 0.25) is 5.88 Å². The number of hydrogen-bond acceptors (Lipinski definition) is 4. The van der Waals surface area contributed by atoms with Crippen LogP contribution < -0.4 is 34.3 Å². The fraction of sp³-hybridized carbons (Fsp3) is 0.286. The van der Waals surface area contributed by atoms with E-state index in [4.69, 9.17) is 0 Å². The molecule has 0 aliphatic heterocycles. The Morgan fingerprint density at radius 1 is 1.60 bits per heavy atom. The van der Waals surface area contributed by atoms with Gasteiger partial charge in [0.15, 0.2) is 6.61 Å². The van der Waals surface area contributed by atoms with Gasteiger partial charge in [-0.25, -0.2) is 13.8 Å². The maximum absolute atomic E-state index is 11.7. The number of pyridine rings is 1. The largest absolute Gasteiger partial charge is 1.00 e. The molecule has 0 radical (unpaired) electrons. The summed E-state index contributed by atoms with van der Waals surface area (Å²) in [6.07, 6.45) is -1.40. The van der Waals surface area contributed by atoms with Crippen LogP contribution in [0.2, 0.25) is 0 Å². The van der Waals surface area contributed by atoms with Crippen molar-refractivity contribution in [2.45, 2.75) is 11.3 Å². The van der Waals surface area contributed by atoms with Crippen LogP contribution in [0.1, 0.15) is 0 Å². The molecule has 1 aromatic rings. The van der Waals surface area contributed by atoms with E-state index in [1.165, 1.54) is 18.3 Å². The van der Waals surface area contributed by atoms with Crippen LogP contribution in [0.4, 0.5) is 8.78 Å². The summed E-state index contributed by atoms with van der Waals surface area (Å²) in [5.74, 6) is -0.305. The minimum atomic E-state index is -2.66. The standard InChI is InChI=1S/C7H7F2NO3S.Na/c8-6(9)4-13-7-5(14(11)12)2-1-3-10-7;/h1-3,6H,4H2,(H,11,12);/q;+1/p-1. The number of ether oxygens (including phenoxy) is 1. The van der Waals surface area contributed by atoms with Crippen molar-refractivity contribution in [2.24, 2.45) is 0 Å². The van der Waals surface area contributed by atoms with E-state index < -0.39 is 24.1 Å². The Kier molecular flexibility index (Phi) is 7.20. The molecule has 1 atom stereocenters. The summed E-state index contributed by atoms with van der Waals surface area (Å²) in [6, 6.07) is 2.59. The van der Waals surface area contributed by atoms with E-state index in [0.29, 0.717) is 0 Å². The van der Waals surface area contributed by atoms with Crippen molar-refractivity contribution >= 4 is 11.1 Å². The number of alkyl halides is 2. The Morgan fingerprint density at radius 3 is 2.80 bits per heavy atom. The Balaban J connectivity index is 0.00000196. The molecule has 0 saturated heterocycles. The molecule has 0 N–H and O–H groups in total. The first kappa shape index (κ1) is 14.9. The molecule has 1 unspecified atom stereocenters. The van der Waals surface area contributed by atoms with Crippen LogP contribution in [0.15, 0.2) is 23.2 Å². The molecule has 1 aromatic heterocycles. The minimum Gasteiger partial charge on any atom is -0.768 e. The quantitative estimate of drug-likeness (QED) is 0.453. The summed E-state index contributed by atoms with van der Waals surface area (Å²) in [7, 11) is 0. The monoisotopic (exact) mass is 245 g/mol. The van der Waals surface area contributed by atoms with E-state index in [2.05, 4.69) is 9.72 Å². The third-order valence-electron chi connectivity index (χ3n) is 1.26. The van der Waals surface area contributed by atoms with Gasteiger partial charge in [0.25, 0.3) is 6.43 Å². The van der Waals surface area contributed by atoms with Gasteiger partial charge in [0.05, 0.1) is 4.90 Å². The van der Waals surface area contributed by atoms with Gasteiger partial charge in [0.1, 0.15) is 0 Å². The fourth-order valence-corrected chi connectivity index (χ4v) is 1.20. The number of aromatic nitrogens is 1. The molecule has 0 bridgehead atoms. The van der Waals surface area contributed by atoms with Gasteiger partial charge in [-0.15, -0.1) is 0 Å². The molecule has 0 fully saturated rings. The normalized spacial score (nSPS) is 12.0. The van der Waals surface area contributed by atoms with E-state index >= 15 is 0 Å². The average molecular weight is 245 g/mol. The first-order chi connectivity index (χ1) is 6.61. The zero-order valence-corrected chi connectivity index (χ0v) is 10.7. The van der Waals surface area contributed by atoms with Crippen LogP contribution in [-0.2, 0) is 11.1 Å². The Labute approximate surface area is 110 Å². The fourth-order valence-electron chi connectivity index (χ4n) is 0.753. The van der Waals surface area contributed by atoms with Crippen molar-refractivity contribution in [1.82, 2.24) is 4.98 Å². The van der Waals surface area contributed by atoms with Gasteiger partial charge in [-0.05, 0) is 23.2 Å². The average Bonchev–Trinajstić information content (AvgIpc) is 2.15. The second-order valence-corrected chi connectivity index (χ2v) is 3.15. The molecule has 8 heteroatoms. The van der Waals surface area contributed by atoms with Crippen molar-refractivity contribution in [3.05, 3.63) is 18.3 Å². The molecular weight excluding hydrogens is 239 g/mol. The van der Waals surface area contributed by atoms with Crippen LogP contribution in [-0.4, -0.2) is 26.8 Å². The van der Waals surface area contributed by atoms with Crippen molar-refractivity contribution in [3.63, 3.8) is 0 Å². The van der Waals surface area contributed by atoms with Crippen LogP contribution in [0.3, 0.4) is 0 Å². The SMILES string of the molecule is O=S([O-])c1cccnc1OCC(F)F.[Na+]. The van der Waals surface area contributed by atoms with Crippen LogP contribution in [0.5, 0.6) is 5.88 Å².